The zero-order valence-corrected chi connectivity index (χ0v) is 25.2. The number of methoxy groups -OCH3 is 2. The lowest BCUT2D eigenvalue weighted by Crippen LogP contribution is -2.53. The van der Waals surface area contributed by atoms with Gasteiger partial charge >= 0.3 is 11.9 Å². The molecular formula is C24H47N5O12. The number of rotatable bonds is 12. The number of carbonyl (C=O) groups excluding carboxylic acids is 7. The van der Waals surface area contributed by atoms with Crippen molar-refractivity contribution < 1.29 is 63.5 Å². The van der Waals surface area contributed by atoms with Crippen LogP contribution in [0.3, 0.4) is 0 Å². The Bertz CT molecular complexity index is 774. The Morgan fingerprint density at radius 1 is 0.805 bits per heavy atom. The number of aliphatic carboxylic acids is 1. The molecule has 1 saturated heterocycles. The van der Waals surface area contributed by atoms with E-state index in [0.717, 1.165) is 0 Å². The van der Waals surface area contributed by atoms with Crippen LogP contribution in [-0.2, 0) is 52.7 Å². The summed E-state index contributed by atoms with van der Waals surface area (Å²) in [6, 6.07) is 0. The molecule has 0 aromatic rings. The Balaban J connectivity index is -0.000000138. The van der Waals surface area contributed by atoms with Crippen LogP contribution in [0.2, 0.25) is 0 Å². The second-order valence-corrected chi connectivity index (χ2v) is 7.50. The van der Waals surface area contributed by atoms with Gasteiger partial charge in [0, 0.05) is 34.0 Å². The summed E-state index contributed by atoms with van der Waals surface area (Å²) in [6.45, 7) is 5.24. The summed E-state index contributed by atoms with van der Waals surface area (Å²) >= 11 is 0. The van der Waals surface area contributed by atoms with E-state index in [1.165, 1.54) is 28.1 Å². The molecule has 1 aliphatic rings. The smallest absolute Gasteiger partial charge is 0.358 e. The number of hydroxylamine groups is 2. The predicted octanol–water partition coefficient (Wildman–Crippen LogP) is -3.07. The number of nitrogens with zero attached hydrogens (tertiary/aromatic N) is 1. The third kappa shape index (κ3) is 41.0. The van der Waals surface area contributed by atoms with E-state index >= 15 is 0 Å². The summed E-state index contributed by atoms with van der Waals surface area (Å²) in [5, 5.41) is 15.9. The summed E-state index contributed by atoms with van der Waals surface area (Å²) in [6.07, 6.45) is 0.193. The number of quaternary nitrogens is 1. The zero-order chi connectivity index (χ0) is 32.1. The quantitative estimate of drug-likeness (QED) is 0.111. The number of hydrogen-bond acceptors (Lipinski definition) is 13. The van der Waals surface area contributed by atoms with Gasteiger partial charge in [0.1, 0.15) is 31.3 Å². The molecule has 7 N–H and O–H groups in total. The fraction of sp³-hybridized carbons (Fsp3) is 0.625. The molecule has 17 heteroatoms. The largest absolute Gasteiger partial charge is 0.480 e. The van der Waals surface area contributed by atoms with Crippen molar-refractivity contribution in [3.63, 3.8) is 0 Å². The Kier molecular flexibility index (Phi) is 37.5. The van der Waals surface area contributed by atoms with Crippen molar-refractivity contribution in [3.05, 3.63) is 7.43 Å². The third-order valence-corrected chi connectivity index (χ3v) is 3.38. The number of hydrogen-bond donors (Lipinski definition) is 5. The van der Waals surface area contributed by atoms with Crippen LogP contribution in [0.4, 0.5) is 0 Å². The molecule has 0 aromatic heterocycles. The first-order valence-electron chi connectivity index (χ1n) is 11.7. The van der Waals surface area contributed by atoms with Gasteiger partial charge in [-0.3, -0.25) is 33.6 Å². The van der Waals surface area contributed by atoms with Gasteiger partial charge in [0.05, 0.1) is 19.6 Å². The summed E-state index contributed by atoms with van der Waals surface area (Å²) in [5.41, 5.74) is 3.34. The Labute approximate surface area is 240 Å². The number of carboxylic acids is 1. The summed E-state index contributed by atoms with van der Waals surface area (Å²) < 4.78 is 8.97. The number of Topliss-reactive ketones (excluding diaryl/α,β-unsaturated/α-hetero) is 3. The molecular weight excluding hydrogens is 550 g/mol. The van der Waals surface area contributed by atoms with Crippen molar-refractivity contribution in [1.82, 2.24) is 21.0 Å². The van der Waals surface area contributed by atoms with Crippen molar-refractivity contribution in [2.24, 2.45) is 0 Å². The number of carbonyl (C=O) groups is 8. The van der Waals surface area contributed by atoms with Gasteiger partial charge < -0.3 is 48.5 Å². The van der Waals surface area contributed by atoms with Crippen molar-refractivity contribution in [3.8, 4) is 0 Å². The average Bonchev–Trinajstić information content (AvgIpc) is 3.16. The van der Waals surface area contributed by atoms with E-state index in [1.54, 1.807) is 21.0 Å². The molecule has 41 heavy (non-hydrogen) atoms. The monoisotopic (exact) mass is 597 g/mol. The molecule has 0 bridgehead atoms. The van der Waals surface area contributed by atoms with Gasteiger partial charge in [0.15, 0.2) is 5.78 Å². The number of amides is 3. The van der Waals surface area contributed by atoms with Crippen LogP contribution in [-0.4, -0.2) is 125 Å². The van der Waals surface area contributed by atoms with E-state index in [4.69, 9.17) is 5.11 Å². The first-order valence-corrected chi connectivity index (χ1v) is 11.7. The summed E-state index contributed by atoms with van der Waals surface area (Å²) in [5.74, 6) is -2.57. The molecule has 3 amide bonds. The molecule has 17 nitrogen and oxygen atoms in total. The van der Waals surface area contributed by atoms with Gasteiger partial charge in [-0.25, -0.2) is 4.79 Å². The second kappa shape index (κ2) is 32.6. The molecule has 1 heterocycles. The van der Waals surface area contributed by atoms with E-state index in [0.29, 0.717) is 18.2 Å². The Morgan fingerprint density at radius 3 is 1.46 bits per heavy atom. The van der Waals surface area contributed by atoms with Crippen LogP contribution in [0.25, 0.3) is 0 Å². The average molecular weight is 598 g/mol. The van der Waals surface area contributed by atoms with Crippen molar-refractivity contribution in [1.29, 1.82) is 0 Å². The van der Waals surface area contributed by atoms with Crippen LogP contribution in [0.5, 0.6) is 0 Å². The highest BCUT2D eigenvalue weighted by Gasteiger charge is 2.32. The molecule has 1 aliphatic heterocycles. The lowest BCUT2D eigenvalue weighted by molar-refractivity contribution is -0.354. The van der Waals surface area contributed by atoms with E-state index in [-0.39, 0.29) is 69.8 Å². The minimum absolute atomic E-state index is 0. The fourth-order valence-corrected chi connectivity index (χ4v) is 1.71. The Hall–Kier alpha value is -3.64. The molecule has 1 fully saturated rings. The lowest BCUT2D eigenvalue weighted by Gasteiger charge is -2.11. The third-order valence-electron chi connectivity index (χ3n) is 3.38. The zero-order valence-electron chi connectivity index (χ0n) is 25.2. The maximum Gasteiger partial charge on any atom is 0.358 e. The number of imide groups is 1. The molecule has 1 rings (SSSR count). The lowest BCUT2D eigenvalue weighted by atomic mass is 10.4. The molecule has 0 aromatic carbocycles. The highest BCUT2D eigenvalue weighted by atomic mass is 16.7. The number of likely N-dealkylation sites (N-methyl/N-ethyl adjacent to an activating group) is 2. The van der Waals surface area contributed by atoms with Crippen LogP contribution < -0.4 is 21.7 Å². The van der Waals surface area contributed by atoms with Crippen molar-refractivity contribution in [2.45, 2.75) is 33.6 Å². The number of carboxylic acid groups (broad SMARTS) is 1. The number of nitrogens with one attached hydrogen (secondary N) is 3. The maximum absolute atomic E-state index is 10.9. The molecule has 0 saturated carbocycles. The molecule has 0 unspecified atom stereocenters. The van der Waals surface area contributed by atoms with Crippen LogP contribution in [0.15, 0.2) is 0 Å². The van der Waals surface area contributed by atoms with Gasteiger partial charge in [-0.1, -0.05) is 0 Å². The first-order chi connectivity index (χ1) is 18.6. The van der Waals surface area contributed by atoms with Crippen LogP contribution in [0, 0.1) is 7.43 Å². The standard InChI is InChI=1S/C7H9NO5.C6H11NO3.C4H9NO.C3H7NO2.C3H7NO.CH3/c1-12-4-7(11)13-8-5(9)2-3-6(8)10;1-5(8)3-7-6(9)4-10-2;1-4(6)3-5-2;1-4-2-3(5)6;1-3(5)2-4;/h2-4H2,1H3;3-4H2,1-2H3,(H,7,9);5H,3H2,1-2H3;4H,2H2,1H3,(H,5,6);2,4H2,1H3;1H3/q;;;;;-1/p+1. The fourth-order valence-electron chi connectivity index (χ4n) is 1.71. The molecule has 0 aliphatic carbocycles. The highest BCUT2D eigenvalue weighted by molar-refractivity contribution is 6.01. The molecule has 240 valence electrons. The summed E-state index contributed by atoms with van der Waals surface area (Å²) in [7, 11) is 6.08. The van der Waals surface area contributed by atoms with Gasteiger partial charge in [-0.05, 0) is 27.9 Å². The Morgan fingerprint density at radius 2 is 1.22 bits per heavy atom. The summed E-state index contributed by atoms with van der Waals surface area (Å²) in [4.78, 5) is 87.2. The van der Waals surface area contributed by atoms with Crippen LogP contribution in [0.1, 0.15) is 33.6 Å². The number of ether oxygens (including phenoxy) is 2. The highest BCUT2D eigenvalue weighted by Crippen LogP contribution is 2.11. The maximum atomic E-state index is 10.9. The first kappa shape index (κ1) is 47.2. The van der Waals surface area contributed by atoms with Gasteiger partial charge in [-0.2, -0.15) is 0 Å². The minimum Gasteiger partial charge on any atom is -0.480 e. The molecule has 0 spiro atoms. The van der Waals surface area contributed by atoms with Gasteiger partial charge in [0.2, 0.25) is 5.91 Å². The van der Waals surface area contributed by atoms with E-state index < -0.39 is 23.8 Å². The van der Waals surface area contributed by atoms with Crippen LogP contribution >= 0.6 is 0 Å². The van der Waals surface area contributed by atoms with E-state index in [9.17, 15) is 38.4 Å². The van der Waals surface area contributed by atoms with Crippen molar-refractivity contribution >= 4 is 47.0 Å². The predicted molar refractivity (Wildman–Crippen MR) is 146 cm³/mol. The molecule has 0 radical (unpaired) electrons. The topological polar surface area (TPSA) is 251 Å². The normalized spacial score (nSPS) is 10.8. The molecule has 0 atom stereocenters. The van der Waals surface area contributed by atoms with Gasteiger partial charge in [0.25, 0.3) is 11.8 Å². The number of ketones is 3. The van der Waals surface area contributed by atoms with Crippen molar-refractivity contribution in [2.75, 3.05) is 67.7 Å². The van der Waals surface area contributed by atoms with E-state index in [1.807, 2.05) is 0 Å². The van der Waals surface area contributed by atoms with Gasteiger partial charge in [-0.15, -0.1) is 5.06 Å². The second-order valence-electron chi connectivity index (χ2n) is 7.50. The minimum atomic E-state index is -0.822. The SMILES string of the molecule is CC(=O)C[NH3+].CNCC(=O)O.CNCC(C)=O.COCC(=O)NCC(C)=O.COCC(=O)ON1C(=O)CCC1=O.[CH3-]. The van der Waals surface area contributed by atoms with E-state index in [2.05, 4.69) is 36.0 Å².